The molecule has 4 nitrogen and oxygen atoms in total. The molecule has 0 amide bonds. The zero-order valence-electron chi connectivity index (χ0n) is 75.4. The van der Waals surface area contributed by atoms with Crippen LogP contribution in [0.25, 0.3) is 89.0 Å². The lowest BCUT2D eigenvalue weighted by molar-refractivity contribution is 0.372. The molecule has 0 heterocycles. The first kappa shape index (κ1) is 103. The molecule has 0 unspecified atom stereocenters. The Morgan fingerprint density at radius 1 is 0.144 bits per heavy atom. The van der Waals surface area contributed by atoms with Crippen molar-refractivity contribution in [2.45, 2.75) is 83.1 Å². The Hall–Kier alpha value is -13.0. The van der Waals surface area contributed by atoms with Crippen molar-refractivity contribution in [2.75, 3.05) is 28.4 Å². The van der Waals surface area contributed by atoms with E-state index in [-0.39, 0.29) is 60.1 Å². The molecule has 0 aliphatic carbocycles. The van der Waals surface area contributed by atoms with E-state index in [0.29, 0.717) is 72.5 Å². The van der Waals surface area contributed by atoms with Crippen molar-refractivity contribution >= 4 is 46.4 Å². The summed E-state index contributed by atoms with van der Waals surface area (Å²) < 4.78 is 183. The molecule has 680 valence electrons. The van der Waals surface area contributed by atoms with Crippen LogP contribution >= 0.6 is 46.4 Å². The summed E-state index contributed by atoms with van der Waals surface area (Å²) in [6.07, 6.45) is 0. The Labute approximate surface area is 784 Å². The SMILES string of the molecule is COc1ccc(-c2ccc(C)cc2)c(Cl)c1F.COc1ccc(-c2ccc(C)cc2)c(F)c1Cl.COc1ccc(-c2ccc(C)cc2)c(F)c1F.COc1ccc(-c2ccc(C)cc2)c(F)c1F.Cc1ccc(-c2ccc(C)c(Cl)c2F)cc1.Cc1ccc(-c2ccc(C)c(F)c2Cl)cc1.Cc1ccc(-c2ccc(C)c(F)c2F)cc1.Cc1ccc(-c2ccc(C)c(F)c2F)cc1. The zero-order chi connectivity index (χ0) is 96.5. The predicted molar refractivity (Wildman–Crippen MR) is 518 cm³/mol. The Bertz CT molecular complexity index is 5800. The van der Waals surface area contributed by atoms with E-state index in [1.54, 1.807) is 137 Å². The van der Waals surface area contributed by atoms with Crippen LogP contribution in [0.4, 0.5) is 52.7 Å². The molecule has 16 rings (SSSR count). The molecule has 16 aromatic carbocycles. The average Bonchev–Trinajstić information content (AvgIpc) is 0.829. The van der Waals surface area contributed by atoms with Crippen LogP contribution in [0, 0.1) is 153 Å². The fourth-order valence-corrected chi connectivity index (χ4v) is 14.0. The molecule has 0 radical (unpaired) electrons. The summed E-state index contributed by atoms with van der Waals surface area (Å²) in [5, 5.41) is 0.515. The summed E-state index contributed by atoms with van der Waals surface area (Å²) >= 11 is 23.8. The van der Waals surface area contributed by atoms with Crippen LogP contribution < -0.4 is 18.9 Å². The fraction of sp³-hybridized carbons (Fsp3) is 0.143. The van der Waals surface area contributed by atoms with Gasteiger partial charge in [-0.3, -0.25) is 0 Å². The van der Waals surface area contributed by atoms with Crippen LogP contribution in [0.3, 0.4) is 0 Å². The molecule has 20 heteroatoms. The molecule has 0 aromatic heterocycles. The van der Waals surface area contributed by atoms with Crippen molar-refractivity contribution in [1.29, 1.82) is 0 Å². The minimum absolute atomic E-state index is 0.0191. The Kier molecular flexibility index (Phi) is 37.6. The van der Waals surface area contributed by atoms with Crippen molar-refractivity contribution in [3.8, 4) is 112 Å². The minimum Gasteiger partial charge on any atom is -0.495 e. The molecule has 0 spiro atoms. The van der Waals surface area contributed by atoms with Gasteiger partial charge in [0.15, 0.2) is 63.8 Å². The summed E-state index contributed by atoms with van der Waals surface area (Å²) in [4.78, 5) is 0. The van der Waals surface area contributed by atoms with Crippen molar-refractivity contribution in [3.63, 3.8) is 0 Å². The van der Waals surface area contributed by atoms with E-state index in [0.717, 1.165) is 72.3 Å². The van der Waals surface area contributed by atoms with Crippen LogP contribution in [0.2, 0.25) is 20.1 Å². The van der Waals surface area contributed by atoms with Crippen molar-refractivity contribution in [2.24, 2.45) is 0 Å². The number of hydrogen-bond acceptors (Lipinski definition) is 4. The molecule has 0 N–H and O–H groups in total. The van der Waals surface area contributed by atoms with Gasteiger partial charge in [0, 0.05) is 44.5 Å². The molecule has 0 aliphatic rings. The van der Waals surface area contributed by atoms with Crippen molar-refractivity contribution < 1.29 is 71.6 Å². The molecule has 0 aliphatic heterocycles. The molecular formula is C112H96Cl4F12O4. The summed E-state index contributed by atoms with van der Waals surface area (Å²) in [6, 6.07) is 86.3. The smallest absolute Gasteiger partial charge is 0.201 e. The van der Waals surface area contributed by atoms with Gasteiger partial charge >= 0.3 is 0 Å². The first-order valence-electron chi connectivity index (χ1n) is 41.3. The second-order valence-electron chi connectivity index (χ2n) is 30.9. The number of hydrogen-bond donors (Lipinski definition) is 0. The first-order chi connectivity index (χ1) is 62.9. The Morgan fingerprint density at radius 3 is 0.576 bits per heavy atom. The van der Waals surface area contributed by atoms with Gasteiger partial charge in [-0.2, -0.15) is 8.78 Å². The van der Waals surface area contributed by atoms with E-state index in [2.05, 4.69) is 0 Å². The summed E-state index contributed by atoms with van der Waals surface area (Å²) in [5.41, 5.74) is 20.6. The third kappa shape index (κ3) is 26.7. The van der Waals surface area contributed by atoms with E-state index in [4.69, 9.17) is 65.4 Å². The third-order valence-electron chi connectivity index (χ3n) is 21.1. The largest absolute Gasteiger partial charge is 0.495 e. The maximum absolute atomic E-state index is 14.0. The second-order valence-corrected chi connectivity index (χ2v) is 32.4. The van der Waals surface area contributed by atoms with Gasteiger partial charge in [0.1, 0.15) is 22.4 Å². The highest BCUT2D eigenvalue weighted by atomic mass is 35.5. The number of rotatable bonds is 12. The zero-order valence-corrected chi connectivity index (χ0v) is 78.4. The molecule has 0 saturated carbocycles. The van der Waals surface area contributed by atoms with E-state index >= 15 is 0 Å². The van der Waals surface area contributed by atoms with E-state index in [1.807, 2.05) is 213 Å². The number of methoxy groups -OCH3 is 4. The Morgan fingerprint density at radius 2 is 0.318 bits per heavy atom. The molecule has 132 heavy (non-hydrogen) atoms. The second kappa shape index (κ2) is 48.3. The van der Waals surface area contributed by atoms with Crippen molar-refractivity contribution in [1.82, 2.24) is 0 Å². The van der Waals surface area contributed by atoms with E-state index < -0.39 is 58.2 Å². The van der Waals surface area contributed by atoms with Gasteiger partial charge in [0.25, 0.3) is 0 Å². The van der Waals surface area contributed by atoms with Crippen molar-refractivity contribution in [3.05, 3.63) is 448 Å². The summed E-state index contributed by atoms with van der Waals surface area (Å²) in [6.45, 7) is 22.4. The highest BCUT2D eigenvalue weighted by Gasteiger charge is 2.21. The maximum Gasteiger partial charge on any atom is 0.201 e. The predicted octanol–water partition coefficient (Wildman–Crippen LogP) is 34.8. The fourth-order valence-electron chi connectivity index (χ4n) is 13.0. The van der Waals surface area contributed by atoms with Gasteiger partial charge in [0.2, 0.25) is 11.6 Å². The van der Waals surface area contributed by atoms with Gasteiger partial charge in [-0.05, 0) is 198 Å². The number of benzene rings is 16. The third-order valence-corrected chi connectivity index (χ3v) is 22.6. The number of ether oxygens (including phenoxy) is 4. The minimum atomic E-state index is -0.953. The normalized spacial score (nSPS) is 10.4. The molecular weight excluding hydrogens is 1780 g/mol. The molecule has 0 bridgehead atoms. The van der Waals surface area contributed by atoms with Crippen LogP contribution in [-0.4, -0.2) is 28.4 Å². The quantitative estimate of drug-likeness (QED) is 0.114. The lowest BCUT2D eigenvalue weighted by Gasteiger charge is -2.09. The van der Waals surface area contributed by atoms with Gasteiger partial charge in [-0.25, -0.2) is 43.9 Å². The molecule has 0 atom stereocenters. The van der Waals surface area contributed by atoms with Gasteiger partial charge in [0.05, 0.1) is 43.5 Å². The highest BCUT2D eigenvalue weighted by molar-refractivity contribution is 6.34. The van der Waals surface area contributed by atoms with Gasteiger partial charge < -0.3 is 18.9 Å². The monoisotopic (exact) mass is 1870 g/mol. The van der Waals surface area contributed by atoms with E-state index in [9.17, 15) is 52.7 Å². The first-order valence-corrected chi connectivity index (χ1v) is 42.8. The van der Waals surface area contributed by atoms with Gasteiger partial charge in [-0.15, -0.1) is 0 Å². The molecule has 0 saturated heterocycles. The summed E-state index contributed by atoms with van der Waals surface area (Å²) in [5.74, 6) is -8.06. The highest BCUT2D eigenvalue weighted by Crippen LogP contribution is 2.40. The molecule has 0 fully saturated rings. The van der Waals surface area contributed by atoms with Crippen LogP contribution in [0.15, 0.2) is 291 Å². The average molecular weight is 1880 g/mol. The topological polar surface area (TPSA) is 36.9 Å². The standard InChI is InChI=1S/2C14H12ClFO.2C14H12ClF.2C14H12F2O.2C14H12F2/c1-9-3-5-10(6-4-9)11-7-8-12(17-2)13(15)14(11)16;1-9-3-5-10(6-4-9)11-7-8-12(17-2)14(16)13(11)15;1-9-3-6-11(7-4-9)12-8-5-10(2)14(16)13(12)15;1-9-3-6-11(7-4-9)12-8-5-10(2)13(15)14(12)16;2*1-9-3-5-10(6-4-9)11-7-8-12(17-2)14(16)13(11)15;2*1-9-3-6-11(7-4-9)12-8-5-10(2)13(15)14(12)16/h2*3-8H,1-2H3;2*3-8H,1-2H3;2*3-8H,1-2H3;2*3-8H,1-2H3. The summed E-state index contributed by atoms with van der Waals surface area (Å²) in [7, 11) is 5.50. The van der Waals surface area contributed by atoms with E-state index in [1.165, 1.54) is 58.3 Å². The molecule has 16 aromatic rings. The van der Waals surface area contributed by atoms with Crippen LogP contribution in [0.1, 0.15) is 66.8 Å². The lowest BCUT2D eigenvalue weighted by Crippen LogP contribution is -1.94. The van der Waals surface area contributed by atoms with Gasteiger partial charge in [-0.1, -0.05) is 334 Å². The van der Waals surface area contributed by atoms with Crippen LogP contribution in [-0.2, 0) is 0 Å². The maximum atomic E-state index is 14.0. The lowest BCUT2D eigenvalue weighted by atomic mass is 10.0. The number of halogens is 16. The van der Waals surface area contributed by atoms with Crippen LogP contribution in [0.5, 0.6) is 23.0 Å². The number of aryl methyl sites for hydroxylation is 12. The Balaban J connectivity index is 0.000000170.